The number of rotatable bonds is 10. The summed E-state index contributed by atoms with van der Waals surface area (Å²) in [6.07, 6.45) is 5.27. The van der Waals surface area contributed by atoms with E-state index < -0.39 is 40.1 Å². The molecule has 1 amide bonds. The lowest BCUT2D eigenvalue weighted by atomic mass is 9.79. The van der Waals surface area contributed by atoms with E-state index in [1.165, 1.54) is 35.6 Å². The molecule has 0 bridgehead atoms. The molecule has 0 aliphatic carbocycles. The topological polar surface area (TPSA) is 111 Å². The van der Waals surface area contributed by atoms with Gasteiger partial charge < -0.3 is 19.0 Å². The van der Waals surface area contributed by atoms with Gasteiger partial charge in [0.2, 0.25) is 15.7 Å². The Morgan fingerprint density at radius 2 is 1.74 bits per heavy atom. The maximum absolute atomic E-state index is 13.6. The Kier molecular flexibility index (Phi) is 8.92. The van der Waals surface area contributed by atoms with Gasteiger partial charge in [0.15, 0.2) is 0 Å². The molecule has 4 rings (SSSR count). The Morgan fingerprint density at radius 3 is 2.31 bits per heavy atom. The summed E-state index contributed by atoms with van der Waals surface area (Å²) in [5.41, 5.74) is 1.59. The third-order valence-electron chi connectivity index (χ3n) is 7.95. The maximum Gasteiger partial charge on any atom is 0.489 e. The fraction of sp³-hybridized carbons (Fsp3) is 0.467. The van der Waals surface area contributed by atoms with E-state index in [4.69, 9.17) is 13.7 Å². The Bertz CT molecular complexity index is 1600. The van der Waals surface area contributed by atoms with Crippen molar-refractivity contribution in [1.82, 2.24) is 10.3 Å². The predicted molar refractivity (Wildman–Crippen MR) is 163 cm³/mol. The Labute approximate surface area is 247 Å². The average molecular weight is 600 g/mol. The molecule has 12 heteroatoms. The highest BCUT2D eigenvalue weighted by molar-refractivity contribution is 7.92. The number of amides is 1. The number of aromatic nitrogens is 1. The SMILES string of the molecule is CNC(=O)c1c(-c2ccc(F)cc2)oc2nc(N(CCCC/C=C(\C)B3OC(C)(C)C(C)(C)O3)S(C)(=O)=O)c(C)cc12. The molecule has 1 aliphatic heterocycles. The Morgan fingerprint density at radius 1 is 1.12 bits per heavy atom. The first-order chi connectivity index (χ1) is 19.6. The van der Waals surface area contributed by atoms with Gasteiger partial charge in [-0.15, -0.1) is 0 Å². The van der Waals surface area contributed by atoms with Crippen LogP contribution < -0.4 is 9.62 Å². The minimum atomic E-state index is -3.68. The minimum Gasteiger partial charge on any atom is -0.437 e. The number of fused-ring (bicyclic) bond motifs is 1. The number of furan rings is 1. The zero-order valence-corrected chi connectivity index (χ0v) is 26.3. The standard InChI is InChI=1S/C30H39BFN3O6S/c1-19-18-23-24(27(36)33-7)25(21-13-15-22(32)16-14-21)39-28(23)34-26(19)35(42(8,37)38)17-11-9-10-12-20(2)31-40-29(3,4)30(5,6)41-31/h12-16,18H,9-11,17H2,1-8H3,(H,33,36)/b20-12+. The summed E-state index contributed by atoms with van der Waals surface area (Å²) in [5.74, 6) is -0.360. The highest BCUT2D eigenvalue weighted by atomic mass is 32.2. The summed E-state index contributed by atoms with van der Waals surface area (Å²) >= 11 is 0. The number of carbonyl (C=O) groups is 1. The molecule has 1 saturated heterocycles. The molecule has 1 N–H and O–H groups in total. The number of aryl methyl sites for hydroxylation is 1. The highest BCUT2D eigenvalue weighted by Gasteiger charge is 2.51. The molecule has 2 aromatic heterocycles. The first-order valence-electron chi connectivity index (χ1n) is 14.0. The molecule has 0 unspecified atom stereocenters. The van der Waals surface area contributed by atoms with Crippen LogP contribution in [-0.4, -0.2) is 57.5 Å². The van der Waals surface area contributed by atoms with Crippen molar-refractivity contribution in [3.63, 3.8) is 0 Å². The molecule has 3 aromatic rings. The van der Waals surface area contributed by atoms with Crippen LogP contribution >= 0.6 is 0 Å². The van der Waals surface area contributed by atoms with E-state index in [-0.39, 0.29) is 29.4 Å². The third-order valence-corrected chi connectivity index (χ3v) is 9.11. The average Bonchev–Trinajstić information content (AvgIpc) is 3.37. The number of sulfonamides is 1. The molecular weight excluding hydrogens is 560 g/mol. The van der Waals surface area contributed by atoms with Gasteiger partial charge in [-0.05, 0) is 102 Å². The number of carbonyl (C=O) groups excluding carboxylic acids is 1. The summed E-state index contributed by atoms with van der Waals surface area (Å²) < 4.78 is 58.8. The summed E-state index contributed by atoms with van der Waals surface area (Å²) in [7, 11) is -2.59. The van der Waals surface area contributed by atoms with Crippen LogP contribution in [0.4, 0.5) is 10.2 Å². The van der Waals surface area contributed by atoms with Gasteiger partial charge in [-0.1, -0.05) is 6.08 Å². The molecule has 1 fully saturated rings. The maximum atomic E-state index is 13.6. The summed E-state index contributed by atoms with van der Waals surface area (Å²) in [4.78, 5) is 17.4. The summed E-state index contributed by atoms with van der Waals surface area (Å²) in [5, 5.41) is 3.04. The number of unbranched alkanes of at least 4 members (excludes halogenated alkanes) is 2. The lowest BCUT2D eigenvalue weighted by Crippen LogP contribution is -2.41. The smallest absolute Gasteiger partial charge is 0.437 e. The minimum absolute atomic E-state index is 0.114. The van der Waals surface area contributed by atoms with E-state index in [1.54, 1.807) is 13.0 Å². The van der Waals surface area contributed by atoms with Gasteiger partial charge in [-0.25, -0.2) is 12.8 Å². The molecule has 9 nitrogen and oxygen atoms in total. The van der Waals surface area contributed by atoms with Gasteiger partial charge in [0.1, 0.15) is 17.4 Å². The zero-order chi connectivity index (χ0) is 31.0. The van der Waals surface area contributed by atoms with Crippen LogP contribution in [-0.2, 0) is 19.3 Å². The van der Waals surface area contributed by atoms with Crippen molar-refractivity contribution in [2.45, 2.75) is 72.0 Å². The van der Waals surface area contributed by atoms with Crippen LogP contribution in [0.25, 0.3) is 22.4 Å². The molecule has 0 saturated carbocycles. The van der Waals surface area contributed by atoms with E-state index in [9.17, 15) is 17.6 Å². The van der Waals surface area contributed by atoms with Crippen LogP contribution in [0.1, 0.15) is 69.8 Å². The van der Waals surface area contributed by atoms with Crippen LogP contribution in [0.2, 0.25) is 0 Å². The van der Waals surface area contributed by atoms with Crippen LogP contribution in [0, 0.1) is 12.7 Å². The fourth-order valence-corrected chi connectivity index (χ4v) is 5.76. The number of anilines is 1. The summed E-state index contributed by atoms with van der Waals surface area (Å²) in [6.45, 7) is 12.0. The third kappa shape index (κ3) is 6.40. The number of hydrogen-bond acceptors (Lipinski definition) is 7. The number of pyridine rings is 1. The van der Waals surface area contributed by atoms with Crippen LogP contribution in [0.3, 0.4) is 0 Å². The van der Waals surface area contributed by atoms with E-state index in [1.807, 2.05) is 34.6 Å². The second kappa shape index (κ2) is 11.8. The van der Waals surface area contributed by atoms with Gasteiger partial charge in [0, 0.05) is 19.2 Å². The normalized spacial score (nSPS) is 16.7. The molecular formula is C30H39BFN3O6S. The molecule has 0 radical (unpaired) electrons. The molecule has 0 spiro atoms. The quantitative estimate of drug-likeness (QED) is 0.231. The van der Waals surface area contributed by atoms with Crippen LogP contribution in [0.5, 0.6) is 0 Å². The second-order valence-corrected chi connectivity index (χ2v) is 13.6. The monoisotopic (exact) mass is 599 g/mol. The van der Waals surface area contributed by atoms with E-state index in [0.29, 0.717) is 22.9 Å². The first-order valence-corrected chi connectivity index (χ1v) is 15.8. The van der Waals surface area contributed by atoms with Crippen molar-refractivity contribution in [3.05, 3.63) is 58.8 Å². The number of nitrogens with zero attached hydrogens (tertiary/aromatic N) is 2. The van der Waals surface area contributed by atoms with Crippen molar-refractivity contribution < 1.29 is 31.3 Å². The number of benzene rings is 1. The van der Waals surface area contributed by atoms with Gasteiger partial charge in [0.05, 0.1) is 28.4 Å². The van der Waals surface area contributed by atoms with Crippen molar-refractivity contribution in [2.24, 2.45) is 0 Å². The lowest BCUT2D eigenvalue weighted by Gasteiger charge is -2.32. The van der Waals surface area contributed by atoms with Crippen LogP contribution in [0.15, 0.2) is 46.3 Å². The molecule has 1 aromatic carbocycles. The first kappa shape index (κ1) is 31.7. The lowest BCUT2D eigenvalue weighted by molar-refractivity contribution is 0.00578. The van der Waals surface area contributed by atoms with Crippen molar-refractivity contribution in [1.29, 1.82) is 0 Å². The Hall–Kier alpha value is -3.22. The number of hydrogen-bond donors (Lipinski definition) is 1. The van der Waals surface area contributed by atoms with E-state index in [2.05, 4.69) is 16.4 Å². The van der Waals surface area contributed by atoms with Gasteiger partial charge in [0.25, 0.3) is 5.91 Å². The largest absolute Gasteiger partial charge is 0.489 e. The fourth-order valence-electron chi connectivity index (χ4n) is 4.81. The second-order valence-electron chi connectivity index (χ2n) is 11.7. The van der Waals surface area contributed by atoms with E-state index >= 15 is 0 Å². The van der Waals surface area contributed by atoms with Crippen molar-refractivity contribution in [3.8, 4) is 11.3 Å². The van der Waals surface area contributed by atoms with Gasteiger partial charge in [-0.2, -0.15) is 4.98 Å². The molecule has 226 valence electrons. The molecule has 42 heavy (non-hydrogen) atoms. The van der Waals surface area contributed by atoms with Crippen molar-refractivity contribution >= 4 is 40.0 Å². The van der Waals surface area contributed by atoms with Crippen molar-refractivity contribution in [2.75, 3.05) is 24.2 Å². The van der Waals surface area contributed by atoms with Gasteiger partial charge >= 0.3 is 7.12 Å². The molecule has 1 aliphatic rings. The summed E-state index contributed by atoms with van der Waals surface area (Å²) in [6, 6.07) is 7.28. The number of nitrogens with one attached hydrogen (secondary N) is 1. The number of allylic oxidation sites excluding steroid dienone is 2. The Balaban J connectivity index is 1.55. The zero-order valence-electron chi connectivity index (χ0n) is 25.5. The highest BCUT2D eigenvalue weighted by Crippen LogP contribution is 2.39. The van der Waals surface area contributed by atoms with Gasteiger partial charge in [-0.3, -0.25) is 9.10 Å². The predicted octanol–water partition coefficient (Wildman–Crippen LogP) is 5.82. The molecule has 3 heterocycles. The number of halogens is 1. The molecule has 0 atom stereocenters. The van der Waals surface area contributed by atoms with E-state index in [0.717, 1.165) is 24.6 Å².